The van der Waals surface area contributed by atoms with Gasteiger partial charge in [0.1, 0.15) is 0 Å². The molecular weight excluding hydrogens is 407 g/mol. The van der Waals surface area contributed by atoms with E-state index in [0.29, 0.717) is 17.2 Å². The molecule has 32 heavy (non-hydrogen) atoms. The van der Waals surface area contributed by atoms with E-state index < -0.39 is 5.82 Å². The SMILES string of the molecule is CC(C)(C)N1CCCC(Nc2nccc(-c3cccnc3Oc3cccc(N)c3F)n2)C1. The van der Waals surface area contributed by atoms with E-state index in [9.17, 15) is 4.39 Å². The van der Waals surface area contributed by atoms with Gasteiger partial charge in [-0.1, -0.05) is 6.07 Å². The van der Waals surface area contributed by atoms with Gasteiger partial charge in [0.15, 0.2) is 11.6 Å². The van der Waals surface area contributed by atoms with Crippen LogP contribution in [0.4, 0.5) is 16.0 Å². The molecule has 168 valence electrons. The number of rotatable bonds is 5. The van der Waals surface area contributed by atoms with Crippen molar-refractivity contribution in [2.24, 2.45) is 0 Å². The molecule has 0 aliphatic carbocycles. The molecule has 3 N–H and O–H groups in total. The molecule has 1 aliphatic rings. The van der Waals surface area contributed by atoms with Gasteiger partial charge in [-0.3, -0.25) is 4.90 Å². The van der Waals surface area contributed by atoms with Crippen molar-refractivity contribution in [2.45, 2.75) is 45.2 Å². The van der Waals surface area contributed by atoms with Crippen LogP contribution in [0.25, 0.3) is 11.3 Å². The third kappa shape index (κ3) is 4.96. The van der Waals surface area contributed by atoms with Gasteiger partial charge < -0.3 is 15.8 Å². The summed E-state index contributed by atoms with van der Waals surface area (Å²) in [6.45, 7) is 8.74. The van der Waals surface area contributed by atoms with Crippen molar-refractivity contribution in [3.63, 3.8) is 0 Å². The molecule has 1 saturated heterocycles. The van der Waals surface area contributed by atoms with E-state index in [1.165, 1.54) is 12.1 Å². The van der Waals surface area contributed by atoms with Crippen molar-refractivity contribution in [3.8, 4) is 22.9 Å². The highest BCUT2D eigenvalue weighted by Gasteiger charge is 2.28. The fourth-order valence-corrected chi connectivity index (χ4v) is 3.84. The second-order valence-electron chi connectivity index (χ2n) is 8.98. The third-order valence-electron chi connectivity index (χ3n) is 5.61. The molecule has 8 heteroatoms. The number of ether oxygens (including phenoxy) is 1. The van der Waals surface area contributed by atoms with E-state index in [1.54, 1.807) is 30.6 Å². The molecule has 0 radical (unpaired) electrons. The molecule has 1 unspecified atom stereocenters. The lowest BCUT2D eigenvalue weighted by molar-refractivity contribution is 0.104. The third-order valence-corrected chi connectivity index (χ3v) is 5.61. The summed E-state index contributed by atoms with van der Waals surface area (Å²) in [6.07, 6.45) is 5.48. The molecule has 3 heterocycles. The predicted molar refractivity (Wildman–Crippen MR) is 124 cm³/mol. The molecule has 1 aliphatic heterocycles. The van der Waals surface area contributed by atoms with Crippen LogP contribution >= 0.6 is 0 Å². The average molecular weight is 437 g/mol. The van der Waals surface area contributed by atoms with Crippen LogP contribution in [-0.4, -0.2) is 44.5 Å². The first-order chi connectivity index (χ1) is 15.3. The summed E-state index contributed by atoms with van der Waals surface area (Å²) in [5.41, 5.74) is 7.08. The normalized spacial score (nSPS) is 17.2. The number of pyridine rings is 1. The van der Waals surface area contributed by atoms with Gasteiger partial charge in [0, 0.05) is 30.5 Å². The number of likely N-dealkylation sites (tertiary alicyclic amines) is 1. The van der Waals surface area contributed by atoms with E-state index in [4.69, 9.17) is 10.5 Å². The van der Waals surface area contributed by atoms with Gasteiger partial charge in [-0.15, -0.1) is 0 Å². The minimum absolute atomic E-state index is 0.0156. The fraction of sp³-hybridized carbons (Fsp3) is 0.375. The smallest absolute Gasteiger partial charge is 0.228 e. The van der Waals surface area contributed by atoms with Crippen LogP contribution in [0.3, 0.4) is 0 Å². The van der Waals surface area contributed by atoms with E-state index in [0.717, 1.165) is 25.9 Å². The summed E-state index contributed by atoms with van der Waals surface area (Å²) in [5.74, 6) is 0.197. The molecular formula is C24H29FN6O. The van der Waals surface area contributed by atoms with Crippen LogP contribution in [-0.2, 0) is 0 Å². The van der Waals surface area contributed by atoms with Crippen LogP contribution in [0, 0.1) is 5.82 Å². The minimum Gasteiger partial charge on any atom is -0.435 e. The molecule has 2 aromatic heterocycles. The van der Waals surface area contributed by atoms with E-state index >= 15 is 0 Å². The fourth-order valence-electron chi connectivity index (χ4n) is 3.84. The molecule has 0 amide bonds. The van der Waals surface area contributed by atoms with Crippen molar-refractivity contribution in [1.82, 2.24) is 19.9 Å². The van der Waals surface area contributed by atoms with Crippen molar-refractivity contribution < 1.29 is 9.13 Å². The Balaban J connectivity index is 1.56. The zero-order valence-corrected chi connectivity index (χ0v) is 18.7. The summed E-state index contributed by atoms with van der Waals surface area (Å²) in [5, 5.41) is 3.48. The van der Waals surface area contributed by atoms with Crippen molar-refractivity contribution in [1.29, 1.82) is 0 Å². The standard InChI is InChI=1S/C24H29FN6O/c1-24(2,3)31-14-6-7-16(15-31)29-23-28-13-11-19(30-23)17-8-5-12-27-22(17)32-20-10-4-9-18(26)21(20)25/h4-5,8-13,16H,6-7,14-15,26H2,1-3H3,(H,28,29,30). The van der Waals surface area contributed by atoms with Crippen molar-refractivity contribution >= 4 is 11.6 Å². The van der Waals surface area contributed by atoms with Gasteiger partial charge in [-0.25, -0.2) is 19.3 Å². The van der Waals surface area contributed by atoms with Crippen LogP contribution in [0.2, 0.25) is 0 Å². The van der Waals surface area contributed by atoms with E-state index in [-0.39, 0.29) is 28.9 Å². The Hall–Kier alpha value is -3.26. The number of halogens is 1. The van der Waals surface area contributed by atoms with Crippen molar-refractivity contribution in [3.05, 3.63) is 54.6 Å². The van der Waals surface area contributed by atoms with Crippen LogP contribution in [0.1, 0.15) is 33.6 Å². The quantitative estimate of drug-likeness (QED) is 0.559. The summed E-state index contributed by atoms with van der Waals surface area (Å²) in [6, 6.07) is 10.3. The highest BCUT2D eigenvalue weighted by atomic mass is 19.1. The molecule has 3 aromatic rings. The number of nitrogens with two attached hydrogens (primary N) is 1. The maximum Gasteiger partial charge on any atom is 0.228 e. The van der Waals surface area contributed by atoms with Crippen LogP contribution in [0.15, 0.2) is 48.8 Å². The number of nitrogen functional groups attached to an aromatic ring is 1. The molecule has 0 saturated carbocycles. The topological polar surface area (TPSA) is 89.2 Å². The number of aromatic nitrogens is 3. The van der Waals surface area contributed by atoms with Gasteiger partial charge in [0.2, 0.25) is 11.8 Å². The van der Waals surface area contributed by atoms with Gasteiger partial charge >= 0.3 is 0 Å². The molecule has 1 atom stereocenters. The second-order valence-corrected chi connectivity index (χ2v) is 8.98. The maximum atomic E-state index is 14.3. The first kappa shape index (κ1) is 22.0. The average Bonchev–Trinajstić information content (AvgIpc) is 2.77. The Morgan fingerprint density at radius 3 is 2.78 bits per heavy atom. The number of anilines is 2. The number of benzene rings is 1. The zero-order chi connectivity index (χ0) is 22.7. The monoisotopic (exact) mass is 436 g/mol. The Labute approximate surface area is 187 Å². The number of hydrogen-bond donors (Lipinski definition) is 2. The zero-order valence-electron chi connectivity index (χ0n) is 18.7. The molecule has 1 fully saturated rings. The summed E-state index contributed by atoms with van der Waals surface area (Å²) in [7, 11) is 0. The minimum atomic E-state index is -0.616. The van der Waals surface area contributed by atoms with Crippen LogP contribution in [0.5, 0.6) is 11.6 Å². The highest BCUT2D eigenvalue weighted by molar-refractivity contribution is 5.66. The highest BCUT2D eigenvalue weighted by Crippen LogP contribution is 2.33. The van der Waals surface area contributed by atoms with Gasteiger partial charge in [-0.2, -0.15) is 0 Å². The Morgan fingerprint density at radius 2 is 1.97 bits per heavy atom. The van der Waals surface area contributed by atoms with E-state index in [1.807, 2.05) is 6.07 Å². The number of nitrogens with one attached hydrogen (secondary N) is 1. The molecule has 4 rings (SSSR count). The lowest BCUT2D eigenvalue weighted by atomic mass is 9.98. The lowest BCUT2D eigenvalue weighted by Gasteiger charge is -2.41. The number of hydrogen-bond acceptors (Lipinski definition) is 7. The largest absolute Gasteiger partial charge is 0.435 e. The summed E-state index contributed by atoms with van der Waals surface area (Å²) >= 11 is 0. The summed E-state index contributed by atoms with van der Waals surface area (Å²) < 4.78 is 20.1. The van der Waals surface area contributed by atoms with E-state index in [2.05, 4.69) is 45.9 Å². The molecule has 0 bridgehead atoms. The maximum absolute atomic E-state index is 14.3. The number of piperidine rings is 1. The first-order valence-electron chi connectivity index (χ1n) is 10.8. The predicted octanol–water partition coefficient (Wildman–Crippen LogP) is 4.73. The Kier molecular flexibility index (Phi) is 6.23. The van der Waals surface area contributed by atoms with Crippen LogP contribution < -0.4 is 15.8 Å². The summed E-state index contributed by atoms with van der Waals surface area (Å²) in [4.78, 5) is 15.9. The number of nitrogens with zero attached hydrogens (tertiary/aromatic N) is 4. The van der Waals surface area contributed by atoms with Crippen molar-refractivity contribution in [2.75, 3.05) is 24.1 Å². The Bertz CT molecular complexity index is 1080. The molecule has 7 nitrogen and oxygen atoms in total. The Morgan fingerprint density at radius 1 is 1.12 bits per heavy atom. The van der Waals surface area contributed by atoms with Gasteiger partial charge in [0.05, 0.1) is 16.9 Å². The lowest BCUT2D eigenvalue weighted by Crippen LogP contribution is -2.50. The van der Waals surface area contributed by atoms with Gasteiger partial charge in [0.25, 0.3) is 0 Å². The second kappa shape index (κ2) is 9.08. The van der Waals surface area contributed by atoms with Gasteiger partial charge in [-0.05, 0) is 70.5 Å². The molecule has 1 aromatic carbocycles. The first-order valence-corrected chi connectivity index (χ1v) is 10.8. The molecule has 0 spiro atoms.